The number of methoxy groups -OCH3 is 1. The lowest BCUT2D eigenvalue weighted by atomic mass is 10.0. The van der Waals surface area contributed by atoms with Gasteiger partial charge in [-0.15, -0.1) is 0 Å². The van der Waals surface area contributed by atoms with Crippen molar-refractivity contribution in [2.24, 2.45) is 5.92 Å². The largest absolute Gasteiger partial charge is 0.493 e. The number of nitrogens with zero attached hydrogens (tertiary/aromatic N) is 3. The highest BCUT2D eigenvalue weighted by atomic mass is 16.5. The number of nitrogens with one attached hydrogen (secondary N) is 1. The number of hydrogen-bond acceptors (Lipinski definition) is 5. The van der Waals surface area contributed by atoms with Crippen LogP contribution in [0.4, 0.5) is 5.69 Å². The van der Waals surface area contributed by atoms with Crippen molar-refractivity contribution in [1.29, 1.82) is 0 Å². The number of aromatic nitrogens is 3. The summed E-state index contributed by atoms with van der Waals surface area (Å²) >= 11 is 0. The molecule has 0 amide bonds. The van der Waals surface area contributed by atoms with Gasteiger partial charge in [-0.05, 0) is 25.5 Å². The van der Waals surface area contributed by atoms with E-state index in [1.807, 2.05) is 19.1 Å². The normalized spacial score (nSPS) is 21.8. The molecule has 1 fully saturated rings. The molecule has 0 aliphatic carbocycles. The van der Waals surface area contributed by atoms with E-state index >= 15 is 0 Å². The molecule has 0 unspecified atom stereocenters. The third-order valence-corrected chi connectivity index (χ3v) is 3.96. The molecule has 0 spiro atoms. The minimum atomic E-state index is -0.361. The Labute approximate surface area is 123 Å². The Kier molecular flexibility index (Phi) is 3.79. The van der Waals surface area contributed by atoms with Crippen LogP contribution in [0.25, 0.3) is 0 Å². The van der Waals surface area contributed by atoms with Crippen LogP contribution in [0, 0.1) is 12.8 Å². The van der Waals surface area contributed by atoms with E-state index < -0.39 is 0 Å². The molecule has 2 aromatic heterocycles. The Balaban J connectivity index is 1.73. The number of aryl methyl sites for hydroxylation is 1. The third-order valence-electron chi connectivity index (χ3n) is 3.96. The lowest BCUT2D eigenvalue weighted by Crippen LogP contribution is -2.21. The minimum Gasteiger partial charge on any atom is -0.493 e. The molecule has 1 aliphatic heterocycles. The van der Waals surface area contributed by atoms with Gasteiger partial charge in [0.25, 0.3) is 0 Å². The summed E-state index contributed by atoms with van der Waals surface area (Å²) in [6.07, 6.45) is 3.86. The fraction of sp³-hybridized carbons (Fsp3) is 0.467. The molecule has 6 nitrogen and oxygen atoms in total. The van der Waals surface area contributed by atoms with Crippen molar-refractivity contribution in [1.82, 2.24) is 15.2 Å². The molecule has 112 valence electrons. The highest BCUT2D eigenvalue weighted by Crippen LogP contribution is 2.32. The Morgan fingerprint density at radius 2 is 2.33 bits per heavy atom. The molecule has 2 atom stereocenters. The molecule has 3 heterocycles. The van der Waals surface area contributed by atoms with E-state index in [4.69, 9.17) is 4.74 Å². The maximum atomic E-state index is 10.3. The van der Waals surface area contributed by atoms with Crippen LogP contribution in [0.1, 0.15) is 11.4 Å². The van der Waals surface area contributed by atoms with Gasteiger partial charge in [0.2, 0.25) is 0 Å². The second-order valence-corrected chi connectivity index (χ2v) is 5.53. The second-order valence-electron chi connectivity index (χ2n) is 5.53. The van der Waals surface area contributed by atoms with Crippen molar-refractivity contribution in [3.63, 3.8) is 0 Å². The predicted molar refractivity (Wildman–Crippen MR) is 79.5 cm³/mol. The van der Waals surface area contributed by atoms with Crippen LogP contribution >= 0.6 is 0 Å². The first-order chi connectivity index (χ1) is 10.2. The second kappa shape index (κ2) is 5.73. The number of aliphatic hydroxyl groups is 1. The van der Waals surface area contributed by atoms with Gasteiger partial charge in [-0.3, -0.25) is 10.1 Å². The molecule has 2 aromatic rings. The number of H-pyrrole nitrogens is 1. The lowest BCUT2D eigenvalue weighted by Gasteiger charge is -2.20. The van der Waals surface area contributed by atoms with Gasteiger partial charge >= 0.3 is 0 Å². The molecule has 3 rings (SSSR count). The zero-order chi connectivity index (χ0) is 14.8. The molecule has 1 saturated heterocycles. The molecule has 21 heavy (non-hydrogen) atoms. The number of aromatic amines is 1. The first kappa shape index (κ1) is 13.9. The summed E-state index contributed by atoms with van der Waals surface area (Å²) in [6.45, 7) is 3.37. The Bertz CT molecular complexity index is 613. The number of hydrogen-bond donors (Lipinski definition) is 2. The van der Waals surface area contributed by atoms with Gasteiger partial charge in [0.05, 0.1) is 30.8 Å². The molecular formula is C15H20N4O2. The van der Waals surface area contributed by atoms with E-state index in [-0.39, 0.29) is 12.0 Å². The summed E-state index contributed by atoms with van der Waals surface area (Å²) in [7, 11) is 1.64. The average Bonchev–Trinajstić information content (AvgIpc) is 3.06. The molecule has 2 N–H and O–H groups in total. The summed E-state index contributed by atoms with van der Waals surface area (Å²) < 4.78 is 5.35. The van der Waals surface area contributed by atoms with Crippen LogP contribution in [-0.4, -0.2) is 46.6 Å². The smallest absolute Gasteiger partial charge is 0.160 e. The summed E-state index contributed by atoms with van der Waals surface area (Å²) in [6, 6.07) is 3.95. The first-order valence-electron chi connectivity index (χ1n) is 7.09. The van der Waals surface area contributed by atoms with Crippen LogP contribution in [-0.2, 0) is 6.42 Å². The molecular weight excluding hydrogens is 268 g/mol. The Morgan fingerprint density at radius 1 is 1.48 bits per heavy atom. The van der Waals surface area contributed by atoms with Crippen molar-refractivity contribution in [2.75, 3.05) is 25.1 Å². The van der Waals surface area contributed by atoms with Crippen molar-refractivity contribution < 1.29 is 9.84 Å². The average molecular weight is 288 g/mol. The summed E-state index contributed by atoms with van der Waals surface area (Å²) in [5, 5.41) is 17.5. The monoisotopic (exact) mass is 288 g/mol. The van der Waals surface area contributed by atoms with E-state index in [9.17, 15) is 5.11 Å². The van der Waals surface area contributed by atoms with E-state index in [1.54, 1.807) is 19.5 Å². The summed E-state index contributed by atoms with van der Waals surface area (Å²) in [5.74, 6) is 0.909. The lowest BCUT2D eigenvalue weighted by molar-refractivity contribution is 0.148. The van der Waals surface area contributed by atoms with Gasteiger partial charge in [-0.25, -0.2) is 0 Å². The van der Waals surface area contributed by atoms with Gasteiger partial charge in [0.15, 0.2) is 5.75 Å². The molecule has 6 heteroatoms. The van der Waals surface area contributed by atoms with Crippen molar-refractivity contribution in [2.45, 2.75) is 19.4 Å². The van der Waals surface area contributed by atoms with Crippen molar-refractivity contribution >= 4 is 5.69 Å². The fourth-order valence-electron chi connectivity index (χ4n) is 2.89. The van der Waals surface area contributed by atoms with Gasteiger partial charge in [0, 0.05) is 30.9 Å². The zero-order valence-corrected chi connectivity index (χ0v) is 12.3. The van der Waals surface area contributed by atoms with E-state index in [2.05, 4.69) is 20.1 Å². The van der Waals surface area contributed by atoms with Crippen LogP contribution in [0.15, 0.2) is 24.5 Å². The van der Waals surface area contributed by atoms with Crippen LogP contribution in [0.5, 0.6) is 5.75 Å². The number of pyridine rings is 1. The van der Waals surface area contributed by atoms with Gasteiger partial charge in [0.1, 0.15) is 0 Å². The van der Waals surface area contributed by atoms with Gasteiger partial charge in [-0.2, -0.15) is 5.10 Å². The van der Waals surface area contributed by atoms with Gasteiger partial charge < -0.3 is 14.7 Å². The fourth-order valence-corrected chi connectivity index (χ4v) is 2.89. The molecule has 1 aliphatic rings. The topological polar surface area (TPSA) is 74.3 Å². The Morgan fingerprint density at radius 3 is 3.05 bits per heavy atom. The predicted octanol–water partition coefficient (Wildman–Crippen LogP) is 1.16. The minimum absolute atomic E-state index is 0.172. The third kappa shape index (κ3) is 2.85. The maximum Gasteiger partial charge on any atom is 0.160 e. The van der Waals surface area contributed by atoms with Gasteiger partial charge in [-0.1, -0.05) is 0 Å². The quantitative estimate of drug-likeness (QED) is 0.883. The number of β-amino-alcohol motifs (C(OH)–C–C–N with tert-alkyl or cyclic N) is 1. The molecule has 0 saturated carbocycles. The van der Waals surface area contributed by atoms with E-state index in [0.29, 0.717) is 6.54 Å². The first-order valence-corrected chi connectivity index (χ1v) is 7.09. The zero-order valence-electron chi connectivity index (χ0n) is 12.3. The van der Waals surface area contributed by atoms with Crippen LogP contribution < -0.4 is 9.64 Å². The van der Waals surface area contributed by atoms with E-state index in [0.717, 1.165) is 35.8 Å². The summed E-state index contributed by atoms with van der Waals surface area (Å²) in [4.78, 5) is 6.22. The highest BCUT2D eigenvalue weighted by molar-refractivity contribution is 5.58. The summed E-state index contributed by atoms with van der Waals surface area (Å²) in [5.41, 5.74) is 3.03. The standard InChI is InChI=1S/C15H20N4O2/c1-10-5-12(18-17-10)6-11-8-19(9-14(11)20)13-3-4-16-7-15(13)21-2/h3-5,7,11,14,20H,6,8-9H2,1-2H3,(H,17,18)/t11-,14-/m1/s1. The highest BCUT2D eigenvalue weighted by Gasteiger charge is 2.33. The Hall–Kier alpha value is -2.08. The van der Waals surface area contributed by atoms with Crippen LogP contribution in [0.3, 0.4) is 0 Å². The number of anilines is 1. The van der Waals surface area contributed by atoms with Crippen LogP contribution in [0.2, 0.25) is 0 Å². The molecule has 0 radical (unpaired) electrons. The number of rotatable bonds is 4. The van der Waals surface area contributed by atoms with Crippen molar-refractivity contribution in [3.05, 3.63) is 35.9 Å². The maximum absolute atomic E-state index is 10.3. The van der Waals surface area contributed by atoms with Crippen molar-refractivity contribution in [3.8, 4) is 5.75 Å². The molecule has 0 aromatic carbocycles. The molecule has 0 bridgehead atoms. The van der Waals surface area contributed by atoms with E-state index in [1.165, 1.54) is 0 Å². The number of ether oxygens (including phenoxy) is 1. The number of aliphatic hydroxyl groups excluding tert-OH is 1. The SMILES string of the molecule is COc1cnccc1N1C[C@@H](Cc2cc(C)[nH]n2)[C@H](O)C1.